The van der Waals surface area contributed by atoms with E-state index in [-0.39, 0.29) is 6.61 Å². The van der Waals surface area contributed by atoms with E-state index in [1.807, 2.05) is 0 Å². The number of nitrogens with zero attached hydrogens (tertiary/aromatic N) is 1. The van der Waals surface area contributed by atoms with Crippen LogP contribution in [-0.4, -0.2) is 36.9 Å². The Hall–Kier alpha value is -0.480. The Morgan fingerprint density at radius 3 is 2.42 bits per heavy atom. The Morgan fingerprint density at radius 1 is 1.58 bits per heavy atom. The van der Waals surface area contributed by atoms with E-state index in [0.29, 0.717) is 0 Å². The van der Waals surface area contributed by atoms with E-state index in [4.69, 9.17) is 16.3 Å². The zero-order chi connectivity index (χ0) is 9.78. The van der Waals surface area contributed by atoms with Gasteiger partial charge >= 0.3 is 6.16 Å². The third kappa shape index (κ3) is 3.78. The topological polar surface area (TPSA) is 38.8 Å². The maximum absolute atomic E-state index is 10.8. The first-order valence-corrected chi connectivity index (χ1v) is 4.00. The highest BCUT2D eigenvalue weighted by Crippen LogP contribution is 2.18. The number of halogens is 1. The second-order valence-corrected chi connectivity index (χ2v) is 3.25. The molecular weight excluding hydrogens is 182 g/mol. The summed E-state index contributed by atoms with van der Waals surface area (Å²) in [6, 6.07) is 0. The van der Waals surface area contributed by atoms with Crippen LogP contribution >= 0.6 is 11.6 Å². The summed E-state index contributed by atoms with van der Waals surface area (Å²) in [4.78, 5) is 12.4. The molecule has 0 saturated carbocycles. The predicted molar refractivity (Wildman–Crippen MR) is 46.1 cm³/mol. The molecule has 0 aromatic heterocycles. The summed E-state index contributed by atoms with van der Waals surface area (Å²) in [5.74, 6) is 0. The maximum atomic E-state index is 10.8. The molecule has 0 fully saturated rings. The summed E-state index contributed by atoms with van der Waals surface area (Å²) in [7, 11) is 3.40. The Bertz CT molecular complexity index is 159. The monoisotopic (exact) mass is 195 g/mol. The van der Waals surface area contributed by atoms with E-state index < -0.39 is 11.3 Å². The van der Waals surface area contributed by atoms with Gasteiger partial charge in [0.05, 0.1) is 6.61 Å². The molecule has 0 heterocycles. The van der Waals surface area contributed by atoms with Gasteiger partial charge in [-0.05, 0) is 21.0 Å². The summed E-state index contributed by atoms with van der Waals surface area (Å²) in [5, 5.41) is -1.15. The normalized spacial score (nSPS) is 15.5. The van der Waals surface area contributed by atoms with Gasteiger partial charge in [-0.15, -0.1) is 0 Å². The average molecular weight is 196 g/mol. The molecular formula is C7H14ClNO3. The van der Waals surface area contributed by atoms with Crippen molar-refractivity contribution in [1.82, 2.24) is 4.90 Å². The molecule has 72 valence electrons. The van der Waals surface area contributed by atoms with Crippen molar-refractivity contribution in [3.8, 4) is 0 Å². The standard InChI is InChI=1S/C7H14ClNO3/c1-5-11-6(10)12-7(2,8)9(3)4/h5H2,1-4H3. The molecule has 0 aromatic rings. The van der Waals surface area contributed by atoms with Gasteiger partial charge in [-0.1, -0.05) is 11.6 Å². The lowest BCUT2D eigenvalue weighted by atomic mass is 10.6. The van der Waals surface area contributed by atoms with Crippen LogP contribution in [0, 0.1) is 0 Å². The van der Waals surface area contributed by atoms with Gasteiger partial charge < -0.3 is 9.47 Å². The van der Waals surface area contributed by atoms with Gasteiger partial charge in [-0.3, -0.25) is 4.90 Å². The summed E-state index contributed by atoms with van der Waals surface area (Å²) >= 11 is 5.80. The van der Waals surface area contributed by atoms with Gasteiger partial charge in [0.2, 0.25) is 5.18 Å². The Labute approximate surface area is 77.4 Å². The zero-order valence-electron chi connectivity index (χ0n) is 7.76. The number of carbonyl (C=O) groups is 1. The quantitative estimate of drug-likeness (QED) is 0.297. The van der Waals surface area contributed by atoms with Crippen molar-refractivity contribution >= 4 is 17.8 Å². The zero-order valence-corrected chi connectivity index (χ0v) is 8.51. The molecule has 0 aliphatic rings. The summed E-state index contributed by atoms with van der Waals surface area (Å²) in [6.07, 6.45) is -0.760. The summed E-state index contributed by atoms with van der Waals surface area (Å²) in [6.45, 7) is 3.53. The number of rotatable bonds is 3. The molecule has 0 aromatic carbocycles. The molecule has 12 heavy (non-hydrogen) atoms. The Morgan fingerprint density at radius 2 is 2.08 bits per heavy atom. The Balaban J connectivity index is 3.97. The lowest BCUT2D eigenvalue weighted by Gasteiger charge is -2.28. The van der Waals surface area contributed by atoms with E-state index in [2.05, 4.69) is 4.74 Å². The molecule has 0 aliphatic heterocycles. The first kappa shape index (κ1) is 11.5. The van der Waals surface area contributed by atoms with Crippen LogP contribution in [0.3, 0.4) is 0 Å². The van der Waals surface area contributed by atoms with Gasteiger partial charge in [0.25, 0.3) is 0 Å². The molecule has 0 spiro atoms. The van der Waals surface area contributed by atoms with Crippen molar-refractivity contribution in [2.24, 2.45) is 0 Å². The summed E-state index contributed by atoms with van der Waals surface area (Å²) in [5.41, 5.74) is 0. The third-order valence-corrected chi connectivity index (χ3v) is 1.75. The molecule has 0 rings (SSSR count). The lowest BCUT2D eigenvalue weighted by Crippen LogP contribution is -2.40. The highest BCUT2D eigenvalue weighted by Gasteiger charge is 2.28. The van der Waals surface area contributed by atoms with Crippen LogP contribution < -0.4 is 0 Å². The van der Waals surface area contributed by atoms with Gasteiger partial charge in [-0.25, -0.2) is 4.79 Å². The molecule has 4 nitrogen and oxygen atoms in total. The van der Waals surface area contributed by atoms with Crippen LogP contribution in [0.25, 0.3) is 0 Å². The molecule has 1 unspecified atom stereocenters. The van der Waals surface area contributed by atoms with Gasteiger partial charge in [0.15, 0.2) is 0 Å². The van der Waals surface area contributed by atoms with Crippen molar-refractivity contribution in [2.75, 3.05) is 20.7 Å². The Kier molecular flexibility index (Phi) is 4.34. The van der Waals surface area contributed by atoms with Gasteiger partial charge in [0, 0.05) is 6.92 Å². The van der Waals surface area contributed by atoms with Crippen LogP contribution in [-0.2, 0) is 9.47 Å². The molecule has 0 aliphatic carbocycles. The average Bonchev–Trinajstić information content (AvgIpc) is 1.85. The highest BCUT2D eigenvalue weighted by atomic mass is 35.5. The molecule has 0 bridgehead atoms. The van der Waals surface area contributed by atoms with Crippen molar-refractivity contribution in [3.05, 3.63) is 0 Å². The molecule has 0 saturated heterocycles. The number of hydrogen-bond acceptors (Lipinski definition) is 4. The maximum Gasteiger partial charge on any atom is 0.510 e. The lowest BCUT2D eigenvalue weighted by molar-refractivity contribution is -0.0454. The molecule has 1 atom stereocenters. The minimum Gasteiger partial charge on any atom is -0.435 e. The van der Waals surface area contributed by atoms with Crippen molar-refractivity contribution < 1.29 is 14.3 Å². The molecule has 5 heteroatoms. The first-order valence-electron chi connectivity index (χ1n) is 3.62. The minimum absolute atomic E-state index is 0.277. The first-order chi connectivity index (χ1) is 5.40. The van der Waals surface area contributed by atoms with E-state index in [0.717, 1.165) is 0 Å². The van der Waals surface area contributed by atoms with Crippen LogP contribution in [0.5, 0.6) is 0 Å². The second-order valence-electron chi connectivity index (χ2n) is 2.55. The molecule has 0 N–H and O–H groups in total. The fourth-order valence-electron chi connectivity index (χ4n) is 0.391. The van der Waals surface area contributed by atoms with E-state index in [1.54, 1.807) is 32.8 Å². The van der Waals surface area contributed by atoms with Gasteiger partial charge in [0.1, 0.15) is 0 Å². The fourth-order valence-corrected chi connectivity index (χ4v) is 0.454. The van der Waals surface area contributed by atoms with Crippen LogP contribution in [0.1, 0.15) is 13.8 Å². The van der Waals surface area contributed by atoms with Crippen molar-refractivity contribution in [1.29, 1.82) is 0 Å². The number of ether oxygens (including phenoxy) is 2. The molecule has 0 amide bonds. The predicted octanol–water partition coefficient (Wildman–Crippen LogP) is 1.63. The van der Waals surface area contributed by atoms with Crippen LogP contribution in [0.4, 0.5) is 4.79 Å². The van der Waals surface area contributed by atoms with Crippen LogP contribution in [0.2, 0.25) is 0 Å². The second kappa shape index (κ2) is 4.52. The minimum atomic E-state index is -1.15. The highest BCUT2D eigenvalue weighted by molar-refractivity contribution is 6.22. The van der Waals surface area contributed by atoms with Crippen molar-refractivity contribution in [3.63, 3.8) is 0 Å². The molecule has 0 radical (unpaired) electrons. The van der Waals surface area contributed by atoms with Crippen LogP contribution in [0.15, 0.2) is 0 Å². The fraction of sp³-hybridized carbons (Fsp3) is 0.857. The summed E-state index contributed by atoms with van der Waals surface area (Å²) < 4.78 is 9.33. The number of carbonyl (C=O) groups excluding carboxylic acids is 1. The number of alkyl halides is 1. The SMILES string of the molecule is CCOC(=O)OC(C)(Cl)N(C)C. The third-order valence-electron chi connectivity index (χ3n) is 1.33. The largest absolute Gasteiger partial charge is 0.510 e. The van der Waals surface area contributed by atoms with E-state index >= 15 is 0 Å². The smallest absolute Gasteiger partial charge is 0.435 e. The van der Waals surface area contributed by atoms with Gasteiger partial charge in [-0.2, -0.15) is 0 Å². The number of hydrogen-bond donors (Lipinski definition) is 0. The van der Waals surface area contributed by atoms with E-state index in [1.165, 1.54) is 0 Å². The van der Waals surface area contributed by atoms with E-state index in [9.17, 15) is 4.79 Å². The van der Waals surface area contributed by atoms with Crippen molar-refractivity contribution in [2.45, 2.75) is 19.0 Å².